The van der Waals surface area contributed by atoms with Gasteiger partial charge in [-0.2, -0.15) is 0 Å². The van der Waals surface area contributed by atoms with Crippen molar-refractivity contribution in [1.29, 1.82) is 0 Å². The van der Waals surface area contributed by atoms with Crippen LogP contribution in [-0.2, 0) is 10.9 Å². The van der Waals surface area contributed by atoms with Gasteiger partial charge in [-0.25, -0.2) is 0 Å². The molecule has 0 heterocycles. The number of nitrogens with zero attached hydrogens (tertiary/aromatic N) is 1. The van der Waals surface area contributed by atoms with E-state index in [0.29, 0.717) is 27.0 Å². The number of rotatable bonds is 2. The third kappa shape index (κ3) is 3.07. The molecule has 0 unspecified atom stereocenters. The monoisotopic (exact) mass is 263 g/mol. The van der Waals surface area contributed by atoms with Gasteiger partial charge in [-0.3, -0.25) is 10.1 Å². The lowest BCUT2D eigenvalue weighted by molar-refractivity contribution is -0.385. The molecule has 16 heavy (non-hydrogen) atoms. The van der Waals surface area contributed by atoms with Gasteiger partial charge < -0.3 is 14.7 Å². The molecule has 0 aliphatic heterocycles. The molecule has 0 bridgehead atoms. The van der Waals surface area contributed by atoms with Gasteiger partial charge in [-0.15, -0.1) is 0 Å². The SMILES string of the molecule is Cc1c([S+]=P([O-])(O)O)ccc([N+](=O)[O-])c1C. The molecule has 0 amide bonds. The summed E-state index contributed by atoms with van der Waals surface area (Å²) in [4.78, 5) is 38.9. The summed E-state index contributed by atoms with van der Waals surface area (Å²) in [7, 11) is 0.406. The van der Waals surface area contributed by atoms with Crippen LogP contribution in [0.3, 0.4) is 0 Å². The molecule has 0 fully saturated rings. The molecule has 0 aliphatic rings. The predicted molar refractivity (Wildman–Crippen MR) is 59.6 cm³/mol. The van der Waals surface area contributed by atoms with Crippen molar-refractivity contribution in [3.8, 4) is 0 Å². The first-order valence-electron chi connectivity index (χ1n) is 4.22. The second kappa shape index (κ2) is 4.57. The molecule has 0 radical (unpaired) electrons. The third-order valence-electron chi connectivity index (χ3n) is 2.12. The summed E-state index contributed by atoms with van der Waals surface area (Å²) < 4.78 is 0. The Hall–Kier alpha value is -0.850. The standard InChI is InChI=1S/C8H10NO5PS/c1-5-6(2)8(16-15(12,13)14)4-3-7(5)9(10)11/h3-4H,1-2H3,(H2-,12,13,14). The van der Waals surface area contributed by atoms with Gasteiger partial charge in [0.2, 0.25) is 15.8 Å². The Kier molecular flexibility index (Phi) is 3.77. The van der Waals surface area contributed by atoms with Crippen molar-refractivity contribution in [2.24, 2.45) is 0 Å². The lowest BCUT2D eigenvalue weighted by Gasteiger charge is -2.04. The lowest BCUT2D eigenvalue weighted by atomic mass is 10.1. The number of hydrogen-bond donors (Lipinski definition) is 2. The van der Waals surface area contributed by atoms with Crippen LogP contribution >= 0.6 is 6.72 Å². The molecule has 8 heteroatoms. The lowest BCUT2D eigenvalue weighted by Crippen LogP contribution is -2.01. The first-order valence-corrected chi connectivity index (χ1v) is 7.25. The fraction of sp³-hybridized carbons (Fsp3) is 0.250. The van der Waals surface area contributed by atoms with Gasteiger partial charge in [0.1, 0.15) is 0 Å². The Labute approximate surface area is 95.5 Å². The van der Waals surface area contributed by atoms with Crippen LogP contribution < -0.4 is 4.89 Å². The molecule has 2 N–H and O–H groups in total. The molecule has 1 rings (SSSR count). The first-order chi connectivity index (χ1) is 7.22. The van der Waals surface area contributed by atoms with Crippen molar-refractivity contribution in [3.63, 3.8) is 0 Å². The smallest absolute Gasteiger partial charge is 0.321 e. The van der Waals surface area contributed by atoms with E-state index in [1.165, 1.54) is 12.1 Å². The fourth-order valence-corrected chi connectivity index (χ4v) is 3.24. The number of hydrogen-bond acceptors (Lipinski definition) is 3. The quantitative estimate of drug-likeness (QED) is 0.353. The van der Waals surface area contributed by atoms with E-state index in [0.717, 1.165) is 0 Å². The van der Waals surface area contributed by atoms with Crippen LogP contribution in [0, 0.1) is 24.0 Å². The zero-order valence-corrected chi connectivity index (χ0v) is 10.3. The molecule has 88 valence electrons. The topological polar surface area (TPSA) is 107 Å². The molecule has 1 aromatic carbocycles. The summed E-state index contributed by atoms with van der Waals surface area (Å²) >= 11 is 0. The van der Waals surface area contributed by atoms with Crippen molar-refractivity contribution in [1.82, 2.24) is 0 Å². The van der Waals surface area contributed by atoms with Crippen LogP contribution in [0.5, 0.6) is 0 Å². The molecule has 6 nitrogen and oxygen atoms in total. The largest absolute Gasteiger partial charge is 0.742 e. The maximum absolute atomic E-state index is 10.8. The van der Waals surface area contributed by atoms with Crippen LogP contribution in [0.15, 0.2) is 17.0 Å². The van der Waals surface area contributed by atoms with E-state index >= 15 is 0 Å². The van der Waals surface area contributed by atoms with E-state index in [4.69, 9.17) is 9.79 Å². The Bertz CT molecular complexity index is 487. The van der Waals surface area contributed by atoms with E-state index in [1.54, 1.807) is 13.8 Å². The maximum Gasteiger partial charge on any atom is 0.321 e. The highest BCUT2D eigenvalue weighted by Crippen LogP contribution is 2.32. The van der Waals surface area contributed by atoms with Crippen molar-refractivity contribution in [3.05, 3.63) is 33.4 Å². The fourth-order valence-electron chi connectivity index (χ4n) is 1.21. The molecule has 0 saturated carbocycles. The molecular weight excluding hydrogens is 253 g/mol. The van der Waals surface area contributed by atoms with Crippen molar-refractivity contribution in [2.75, 3.05) is 0 Å². The van der Waals surface area contributed by atoms with Gasteiger partial charge in [0, 0.05) is 23.3 Å². The minimum Gasteiger partial charge on any atom is -0.742 e. The van der Waals surface area contributed by atoms with E-state index < -0.39 is 11.6 Å². The number of nitro benzene ring substituents is 1. The molecule has 1 aromatic rings. The van der Waals surface area contributed by atoms with Crippen LogP contribution in [0.25, 0.3) is 0 Å². The maximum atomic E-state index is 10.8. The molecule has 0 atom stereocenters. The highest BCUT2D eigenvalue weighted by Gasteiger charge is 2.21. The Morgan fingerprint density at radius 3 is 2.31 bits per heavy atom. The van der Waals surface area contributed by atoms with Crippen LogP contribution in [0.1, 0.15) is 11.1 Å². The molecule has 0 aromatic heterocycles. The highest BCUT2D eigenvalue weighted by molar-refractivity contribution is 8.16. The zero-order valence-electron chi connectivity index (χ0n) is 8.58. The van der Waals surface area contributed by atoms with Crippen LogP contribution in [0.4, 0.5) is 5.69 Å². The van der Waals surface area contributed by atoms with E-state index in [9.17, 15) is 15.0 Å². The summed E-state index contributed by atoms with van der Waals surface area (Å²) in [5.41, 5.74) is 0.888. The van der Waals surface area contributed by atoms with Gasteiger partial charge >= 0.3 is 6.72 Å². The summed E-state index contributed by atoms with van der Waals surface area (Å²) in [5, 5.41) is 10.6. The number of nitro groups is 1. The Balaban J connectivity index is 3.39. The summed E-state index contributed by atoms with van der Waals surface area (Å²) in [6, 6.07) is 2.60. The highest BCUT2D eigenvalue weighted by atomic mass is 32.5. The molecule has 0 aliphatic carbocycles. The van der Waals surface area contributed by atoms with Gasteiger partial charge in [0.15, 0.2) is 0 Å². The number of benzene rings is 1. The molecule has 0 saturated heterocycles. The van der Waals surface area contributed by atoms with Crippen LogP contribution in [0.2, 0.25) is 0 Å². The zero-order chi connectivity index (χ0) is 12.5. The summed E-state index contributed by atoms with van der Waals surface area (Å²) in [5.74, 6) is 0. The molecule has 0 spiro atoms. The molecular formula is C8H10NO5PS. The normalized spacial score (nSPS) is 11.3. The third-order valence-corrected chi connectivity index (χ3v) is 4.30. The first kappa shape index (κ1) is 13.2. The summed E-state index contributed by atoms with van der Waals surface area (Å²) in [6.07, 6.45) is 0. The predicted octanol–water partition coefficient (Wildman–Crippen LogP) is 0.676. The second-order valence-electron chi connectivity index (χ2n) is 3.17. The Morgan fingerprint density at radius 1 is 1.31 bits per heavy atom. The van der Waals surface area contributed by atoms with Gasteiger partial charge in [0.25, 0.3) is 5.69 Å². The Morgan fingerprint density at radius 2 is 1.88 bits per heavy atom. The van der Waals surface area contributed by atoms with E-state index in [-0.39, 0.29) is 5.69 Å². The summed E-state index contributed by atoms with van der Waals surface area (Å²) in [6.45, 7) is -1.08. The minimum absolute atomic E-state index is 0.0486. The van der Waals surface area contributed by atoms with Gasteiger partial charge in [0.05, 0.1) is 4.92 Å². The van der Waals surface area contributed by atoms with Crippen molar-refractivity contribution >= 4 is 23.3 Å². The average molecular weight is 263 g/mol. The average Bonchev–Trinajstić information content (AvgIpc) is 2.10. The van der Waals surface area contributed by atoms with Crippen molar-refractivity contribution < 1.29 is 19.6 Å². The van der Waals surface area contributed by atoms with Gasteiger partial charge in [-0.1, -0.05) is 0 Å². The van der Waals surface area contributed by atoms with Gasteiger partial charge in [-0.05, 0) is 13.8 Å². The minimum atomic E-state index is -4.23. The van der Waals surface area contributed by atoms with E-state index in [1.807, 2.05) is 0 Å². The van der Waals surface area contributed by atoms with Crippen LogP contribution in [-0.4, -0.2) is 14.7 Å². The van der Waals surface area contributed by atoms with Crippen molar-refractivity contribution in [2.45, 2.75) is 18.7 Å². The second-order valence-corrected chi connectivity index (χ2v) is 6.75. The van der Waals surface area contributed by atoms with E-state index in [2.05, 4.69) is 0 Å².